The highest BCUT2D eigenvalue weighted by atomic mass is 32.2. The Bertz CT molecular complexity index is 1120. The SMILES string of the molecule is O=C(CN(c1ccccc1)S(=O)(=O)c1ccccc1)NC1CCCc2ccccc21. The molecule has 5 nitrogen and oxygen atoms in total. The summed E-state index contributed by atoms with van der Waals surface area (Å²) in [6.45, 7) is -0.278. The Balaban J connectivity index is 1.60. The summed E-state index contributed by atoms with van der Waals surface area (Å²) in [5, 5.41) is 3.05. The number of nitrogens with one attached hydrogen (secondary N) is 1. The van der Waals surface area contributed by atoms with Crippen LogP contribution in [0.1, 0.15) is 30.0 Å². The minimum Gasteiger partial charge on any atom is -0.348 e. The summed E-state index contributed by atoms with van der Waals surface area (Å²) in [6.07, 6.45) is 2.84. The molecule has 3 aromatic rings. The van der Waals surface area contributed by atoms with Crippen LogP contribution in [0.3, 0.4) is 0 Å². The largest absolute Gasteiger partial charge is 0.348 e. The maximum Gasteiger partial charge on any atom is 0.264 e. The molecule has 30 heavy (non-hydrogen) atoms. The number of hydrogen-bond acceptors (Lipinski definition) is 3. The fourth-order valence-electron chi connectivity index (χ4n) is 3.90. The van der Waals surface area contributed by atoms with Crippen LogP contribution in [0.4, 0.5) is 5.69 Å². The van der Waals surface area contributed by atoms with E-state index in [0.717, 1.165) is 24.8 Å². The average molecular weight is 421 g/mol. The summed E-state index contributed by atoms with van der Waals surface area (Å²) < 4.78 is 27.8. The van der Waals surface area contributed by atoms with Gasteiger partial charge in [0.05, 0.1) is 16.6 Å². The second-order valence-electron chi connectivity index (χ2n) is 7.37. The zero-order valence-electron chi connectivity index (χ0n) is 16.6. The molecule has 154 valence electrons. The summed E-state index contributed by atoms with van der Waals surface area (Å²) in [4.78, 5) is 13.1. The van der Waals surface area contributed by atoms with Gasteiger partial charge >= 0.3 is 0 Å². The number of carbonyl (C=O) groups excluding carboxylic acids is 1. The van der Waals surface area contributed by atoms with E-state index < -0.39 is 10.0 Å². The van der Waals surface area contributed by atoms with Gasteiger partial charge in [-0.05, 0) is 54.7 Å². The van der Waals surface area contributed by atoms with Gasteiger partial charge in [0.25, 0.3) is 10.0 Å². The highest BCUT2D eigenvalue weighted by Crippen LogP contribution is 2.30. The third kappa shape index (κ3) is 4.24. The predicted octanol–water partition coefficient (Wildman–Crippen LogP) is 4.08. The molecule has 1 aliphatic carbocycles. The van der Waals surface area contributed by atoms with Crippen LogP contribution in [0, 0.1) is 0 Å². The zero-order valence-corrected chi connectivity index (χ0v) is 17.4. The Hall–Kier alpha value is -3.12. The van der Waals surface area contributed by atoms with Gasteiger partial charge < -0.3 is 5.32 Å². The van der Waals surface area contributed by atoms with Gasteiger partial charge in [0, 0.05) is 0 Å². The lowest BCUT2D eigenvalue weighted by Crippen LogP contribution is -2.42. The molecule has 1 N–H and O–H groups in total. The minimum absolute atomic E-state index is 0.0977. The van der Waals surface area contributed by atoms with E-state index in [0.29, 0.717) is 5.69 Å². The number of anilines is 1. The number of hydrogen-bond donors (Lipinski definition) is 1. The number of amides is 1. The fraction of sp³-hybridized carbons (Fsp3) is 0.208. The molecule has 0 saturated carbocycles. The van der Waals surface area contributed by atoms with Crippen LogP contribution in [-0.4, -0.2) is 20.9 Å². The predicted molar refractivity (Wildman–Crippen MR) is 118 cm³/mol. The summed E-state index contributed by atoms with van der Waals surface area (Å²) in [6, 6.07) is 24.9. The van der Waals surface area contributed by atoms with Gasteiger partial charge in [0.1, 0.15) is 6.54 Å². The molecule has 0 heterocycles. The van der Waals surface area contributed by atoms with Gasteiger partial charge in [0.2, 0.25) is 5.91 Å². The van der Waals surface area contributed by atoms with Crippen LogP contribution in [0.25, 0.3) is 0 Å². The summed E-state index contributed by atoms with van der Waals surface area (Å²) in [5.74, 6) is -0.319. The smallest absolute Gasteiger partial charge is 0.264 e. The van der Waals surface area contributed by atoms with E-state index in [2.05, 4.69) is 11.4 Å². The highest BCUT2D eigenvalue weighted by molar-refractivity contribution is 7.92. The van der Waals surface area contributed by atoms with Crippen molar-refractivity contribution < 1.29 is 13.2 Å². The molecule has 0 aliphatic heterocycles. The molecule has 1 atom stereocenters. The van der Waals surface area contributed by atoms with Crippen LogP contribution < -0.4 is 9.62 Å². The lowest BCUT2D eigenvalue weighted by Gasteiger charge is -2.28. The first-order valence-electron chi connectivity index (χ1n) is 10.1. The molecule has 4 rings (SSSR count). The minimum atomic E-state index is -3.88. The molecule has 1 unspecified atom stereocenters. The highest BCUT2D eigenvalue weighted by Gasteiger charge is 2.28. The van der Waals surface area contributed by atoms with E-state index in [1.807, 2.05) is 24.3 Å². The Morgan fingerprint density at radius 3 is 2.27 bits per heavy atom. The molecule has 3 aromatic carbocycles. The maximum atomic E-state index is 13.3. The zero-order chi connectivity index (χ0) is 21.0. The molecule has 0 fully saturated rings. The van der Waals surface area contributed by atoms with Crippen LogP contribution in [0.2, 0.25) is 0 Å². The van der Waals surface area contributed by atoms with Crippen molar-refractivity contribution in [2.24, 2.45) is 0 Å². The van der Waals surface area contributed by atoms with Crippen molar-refractivity contribution in [2.45, 2.75) is 30.2 Å². The quantitative estimate of drug-likeness (QED) is 0.654. The Kier molecular flexibility index (Phi) is 5.86. The third-order valence-electron chi connectivity index (χ3n) is 5.37. The van der Waals surface area contributed by atoms with Crippen molar-refractivity contribution in [3.05, 3.63) is 96.1 Å². The molecule has 0 saturated heterocycles. The first-order valence-corrected chi connectivity index (χ1v) is 11.5. The number of para-hydroxylation sites is 1. The number of fused-ring (bicyclic) bond motifs is 1. The van der Waals surface area contributed by atoms with Gasteiger partial charge in [-0.15, -0.1) is 0 Å². The van der Waals surface area contributed by atoms with E-state index in [1.165, 1.54) is 9.87 Å². The van der Waals surface area contributed by atoms with Gasteiger partial charge in [0.15, 0.2) is 0 Å². The molecular weight excluding hydrogens is 396 g/mol. The first-order chi connectivity index (χ1) is 14.6. The maximum absolute atomic E-state index is 13.3. The normalized spacial score (nSPS) is 15.8. The topological polar surface area (TPSA) is 66.5 Å². The van der Waals surface area contributed by atoms with Crippen molar-refractivity contribution in [3.8, 4) is 0 Å². The van der Waals surface area contributed by atoms with Crippen molar-refractivity contribution in [3.63, 3.8) is 0 Å². The van der Waals surface area contributed by atoms with Crippen molar-refractivity contribution in [1.29, 1.82) is 0 Å². The molecule has 0 bridgehead atoms. The molecule has 0 aromatic heterocycles. The number of rotatable bonds is 6. The van der Waals surface area contributed by atoms with Gasteiger partial charge in [-0.1, -0.05) is 60.7 Å². The number of nitrogens with zero attached hydrogens (tertiary/aromatic N) is 1. The Morgan fingerprint density at radius 2 is 1.53 bits per heavy atom. The summed E-state index contributed by atoms with van der Waals surface area (Å²) in [7, 11) is -3.88. The monoisotopic (exact) mass is 420 g/mol. The fourth-order valence-corrected chi connectivity index (χ4v) is 5.35. The van der Waals surface area contributed by atoms with Crippen LogP contribution in [-0.2, 0) is 21.2 Å². The van der Waals surface area contributed by atoms with Gasteiger partial charge in [-0.25, -0.2) is 8.42 Å². The van der Waals surface area contributed by atoms with Gasteiger partial charge in [-0.2, -0.15) is 0 Å². The summed E-state index contributed by atoms with van der Waals surface area (Å²) in [5.41, 5.74) is 2.82. The van der Waals surface area contributed by atoms with E-state index in [9.17, 15) is 13.2 Å². The van der Waals surface area contributed by atoms with Crippen LogP contribution >= 0.6 is 0 Å². The first kappa shape index (κ1) is 20.2. The molecule has 0 radical (unpaired) electrons. The van der Waals surface area contributed by atoms with E-state index >= 15 is 0 Å². The number of carbonyl (C=O) groups is 1. The average Bonchev–Trinajstić information content (AvgIpc) is 2.79. The van der Waals surface area contributed by atoms with E-state index in [4.69, 9.17) is 0 Å². The molecule has 0 spiro atoms. The number of aryl methyl sites for hydroxylation is 1. The second kappa shape index (κ2) is 8.71. The van der Waals surface area contributed by atoms with Crippen molar-refractivity contribution in [2.75, 3.05) is 10.8 Å². The molecule has 6 heteroatoms. The van der Waals surface area contributed by atoms with Crippen molar-refractivity contribution in [1.82, 2.24) is 5.32 Å². The Morgan fingerprint density at radius 1 is 0.900 bits per heavy atom. The lowest BCUT2D eigenvalue weighted by molar-refractivity contribution is -0.120. The molecule has 1 aliphatic rings. The second-order valence-corrected chi connectivity index (χ2v) is 9.23. The lowest BCUT2D eigenvalue weighted by atomic mass is 9.88. The third-order valence-corrected chi connectivity index (χ3v) is 7.16. The van der Waals surface area contributed by atoms with Crippen LogP contribution in [0.5, 0.6) is 0 Å². The summed E-state index contributed by atoms with van der Waals surface area (Å²) >= 11 is 0. The Labute approximate surface area is 177 Å². The van der Waals surface area contributed by atoms with Gasteiger partial charge in [-0.3, -0.25) is 9.10 Å². The van der Waals surface area contributed by atoms with E-state index in [-0.39, 0.29) is 23.4 Å². The number of sulfonamides is 1. The standard InChI is InChI=1S/C24H24N2O3S/c27-24(25-23-17-9-11-19-10-7-8-16-22(19)23)18-26(20-12-3-1-4-13-20)30(28,29)21-14-5-2-6-15-21/h1-8,10,12-16,23H,9,11,17-18H2,(H,25,27). The van der Waals surface area contributed by atoms with Crippen LogP contribution in [0.15, 0.2) is 89.8 Å². The molecule has 1 amide bonds. The van der Waals surface area contributed by atoms with Crippen molar-refractivity contribution >= 4 is 21.6 Å². The van der Waals surface area contributed by atoms with E-state index in [1.54, 1.807) is 54.6 Å². The molecular formula is C24H24N2O3S. The number of benzene rings is 3.